The largest absolute Gasteiger partial charge is 0.360 e. The van der Waals surface area contributed by atoms with E-state index < -0.39 is 0 Å². The number of thioether (sulfide) groups is 1. The Balaban J connectivity index is 2.02. The van der Waals surface area contributed by atoms with Crippen LogP contribution in [0.4, 0.5) is 5.82 Å². The minimum atomic E-state index is -0.201. The van der Waals surface area contributed by atoms with Gasteiger partial charge >= 0.3 is 0 Å². The summed E-state index contributed by atoms with van der Waals surface area (Å²) in [7, 11) is 0. The van der Waals surface area contributed by atoms with Crippen LogP contribution in [-0.2, 0) is 4.79 Å². The molecule has 0 aliphatic heterocycles. The van der Waals surface area contributed by atoms with Gasteiger partial charge in [-0.3, -0.25) is 4.79 Å². The van der Waals surface area contributed by atoms with Crippen molar-refractivity contribution in [3.8, 4) is 0 Å². The molecule has 1 aromatic heterocycles. The zero-order valence-corrected chi connectivity index (χ0v) is 12.9. The summed E-state index contributed by atoms with van der Waals surface area (Å²) in [5.41, 5.74) is 2.37. The molecule has 1 atom stereocenters. The summed E-state index contributed by atoms with van der Waals surface area (Å²) < 4.78 is 4.93. The van der Waals surface area contributed by atoms with E-state index in [1.54, 1.807) is 24.8 Å². The highest BCUT2D eigenvalue weighted by Gasteiger charge is 2.17. The number of hydrogen-bond acceptors (Lipinski definition) is 4. The monoisotopic (exact) mass is 290 g/mol. The highest BCUT2D eigenvalue weighted by Crippen LogP contribution is 2.28. The summed E-state index contributed by atoms with van der Waals surface area (Å²) in [5.74, 6) is 1.06. The number of hydrogen-bond donors (Lipinski definition) is 1. The molecular formula is C15H18N2O2S. The fourth-order valence-corrected chi connectivity index (χ4v) is 2.79. The van der Waals surface area contributed by atoms with Crippen molar-refractivity contribution >= 4 is 23.5 Å². The molecule has 0 saturated carbocycles. The summed E-state index contributed by atoms with van der Waals surface area (Å²) in [4.78, 5) is 13.2. The van der Waals surface area contributed by atoms with E-state index in [0.717, 1.165) is 4.90 Å². The molecule has 1 unspecified atom stereocenters. The van der Waals surface area contributed by atoms with Crippen molar-refractivity contribution in [3.05, 3.63) is 41.2 Å². The summed E-state index contributed by atoms with van der Waals surface area (Å²) in [6.07, 6.45) is 0. The number of aromatic nitrogens is 1. The molecule has 1 amide bonds. The summed E-state index contributed by atoms with van der Waals surface area (Å²) >= 11 is 1.55. The van der Waals surface area contributed by atoms with Crippen LogP contribution in [0.2, 0.25) is 0 Å². The van der Waals surface area contributed by atoms with E-state index >= 15 is 0 Å². The second kappa shape index (κ2) is 6.13. The number of benzene rings is 1. The first kappa shape index (κ1) is 14.7. The second-order valence-corrected chi connectivity index (χ2v) is 6.22. The van der Waals surface area contributed by atoms with Crippen molar-refractivity contribution in [1.29, 1.82) is 0 Å². The Morgan fingerprint density at radius 2 is 2.05 bits per heavy atom. The van der Waals surface area contributed by atoms with E-state index in [1.807, 2.05) is 20.8 Å². The van der Waals surface area contributed by atoms with Crippen molar-refractivity contribution in [2.24, 2.45) is 0 Å². The lowest BCUT2D eigenvalue weighted by Crippen LogP contribution is -2.22. The molecule has 0 saturated heterocycles. The maximum atomic E-state index is 12.1. The lowest BCUT2D eigenvalue weighted by molar-refractivity contribution is -0.115. The maximum Gasteiger partial charge on any atom is 0.238 e. The molecule has 106 valence electrons. The van der Waals surface area contributed by atoms with Crippen LogP contribution in [0, 0.1) is 20.8 Å². The molecule has 4 nitrogen and oxygen atoms in total. The van der Waals surface area contributed by atoms with Crippen molar-refractivity contribution in [2.45, 2.75) is 37.8 Å². The van der Waals surface area contributed by atoms with E-state index in [1.165, 1.54) is 11.1 Å². The SMILES string of the molecule is Cc1ccc(C)c(SC(C)C(=O)Nc2cc(C)on2)c1. The van der Waals surface area contributed by atoms with Crippen LogP contribution in [-0.4, -0.2) is 16.3 Å². The number of nitrogens with one attached hydrogen (secondary N) is 1. The van der Waals surface area contributed by atoms with E-state index in [9.17, 15) is 4.79 Å². The smallest absolute Gasteiger partial charge is 0.238 e. The number of amides is 1. The summed E-state index contributed by atoms with van der Waals surface area (Å²) in [6, 6.07) is 7.95. The summed E-state index contributed by atoms with van der Waals surface area (Å²) in [6.45, 7) is 7.77. The van der Waals surface area contributed by atoms with Gasteiger partial charge in [0.25, 0.3) is 0 Å². The topological polar surface area (TPSA) is 55.1 Å². The minimum absolute atomic E-state index is 0.0794. The van der Waals surface area contributed by atoms with Gasteiger partial charge in [0.2, 0.25) is 5.91 Å². The molecule has 0 aliphatic rings. The van der Waals surface area contributed by atoms with Crippen molar-refractivity contribution < 1.29 is 9.32 Å². The van der Waals surface area contributed by atoms with Gasteiger partial charge in [-0.15, -0.1) is 11.8 Å². The third kappa shape index (κ3) is 3.63. The number of anilines is 1. The van der Waals surface area contributed by atoms with Crippen LogP contribution in [0.15, 0.2) is 33.7 Å². The average molecular weight is 290 g/mol. The fraction of sp³-hybridized carbons (Fsp3) is 0.333. The van der Waals surface area contributed by atoms with Crippen LogP contribution in [0.5, 0.6) is 0 Å². The number of rotatable bonds is 4. The molecule has 0 radical (unpaired) electrons. The lowest BCUT2D eigenvalue weighted by atomic mass is 10.2. The van der Waals surface area contributed by atoms with Crippen molar-refractivity contribution in [2.75, 3.05) is 5.32 Å². The Bertz CT molecular complexity index is 622. The molecule has 1 aromatic carbocycles. The highest BCUT2D eigenvalue weighted by atomic mass is 32.2. The van der Waals surface area contributed by atoms with E-state index in [2.05, 4.69) is 28.7 Å². The van der Waals surface area contributed by atoms with Gasteiger partial charge in [-0.05, 0) is 39.3 Å². The second-order valence-electron chi connectivity index (χ2n) is 4.84. The first-order chi connectivity index (χ1) is 9.45. The Labute approximate surface area is 122 Å². The molecule has 1 heterocycles. The fourth-order valence-electron chi connectivity index (χ4n) is 1.73. The normalized spacial score (nSPS) is 12.2. The Morgan fingerprint density at radius 3 is 2.70 bits per heavy atom. The minimum Gasteiger partial charge on any atom is -0.360 e. The van der Waals surface area contributed by atoms with Gasteiger partial charge in [-0.2, -0.15) is 0 Å². The molecule has 0 bridgehead atoms. The molecule has 20 heavy (non-hydrogen) atoms. The average Bonchev–Trinajstić information content (AvgIpc) is 2.79. The first-order valence-electron chi connectivity index (χ1n) is 6.44. The van der Waals surface area contributed by atoms with Gasteiger partial charge in [-0.25, -0.2) is 0 Å². The number of nitrogens with zero attached hydrogens (tertiary/aromatic N) is 1. The lowest BCUT2D eigenvalue weighted by Gasteiger charge is -2.12. The Hall–Kier alpha value is -1.75. The molecule has 0 aliphatic carbocycles. The highest BCUT2D eigenvalue weighted by molar-refractivity contribution is 8.00. The van der Waals surface area contributed by atoms with Crippen LogP contribution in [0.3, 0.4) is 0 Å². The van der Waals surface area contributed by atoms with E-state index in [4.69, 9.17) is 4.52 Å². The van der Waals surface area contributed by atoms with Crippen molar-refractivity contribution in [3.63, 3.8) is 0 Å². The van der Waals surface area contributed by atoms with Crippen molar-refractivity contribution in [1.82, 2.24) is 5.16 Å². The van der Waals surface area contributed by atoms with Gasteiger partial charge in [0.15, 0.2) is 5.82 Å². The molecule has 1 N–H and O–H groups in total. The molecule has 0 spiro atoms. The summed E-state index contributed by atoms with van der Waals surface area (Å²) in [5, 5.41) is 6.31. The van der Waals surface area contributed by atoms with Gasteiger partial charge in [0.05, 0.1) is 5.25 Å². The predicted molar refractivity (Wildman–Crippen MR) is 81.1 cm³/mol. The van der Waals surface area contributed by atoms with E-state index in [0.29, 0.717) is 11.6 Å². The Kier molecular flexibility index (Phi) is 4.49. The van der Waals surface area contributed by atoms with Crippen LogP contribution in [0.25, 0.3) is 0 Å². The molecule has 2 aromatic rings. The third-order valence-corrected chi connectivity index (χ3v) is 4.16. The van der Waals surface area contributed by atoms with Crippen LogP contribution >= 0.6 is 11.8 Å². The number of carbonyl (C=O) groups excluding carboxylic acids is 1. The zero-order valence-electron chi connectivity index (χ0n) is 12.1. The predicted octanol–water partition coefficient (Wildman–Crippen LogP) is 3.72. The Morgan fingerprint density at radius 1 is 1.30 bits per heavy atom. The quantitative estimate of drug-likeness (QED) is 0.872. The van der Waals surface area contributed by atoms with Gasteiger partial charge < -0.3 is 9.84 Å². The number of carbonyl (C=O) groups is 1. The number of aryl methyl sites for hydroxylation is 3. The standard InChI is InChI=1S/C15H18N2O2S/c1-9-5-6-10(2)13(7-9)20-12(4)15(18)16-14-8-11(3)19-17-14/h5-8,12H,1-4H3,(H,16,17,18). The first-order valence-corrected chi connectivity index (χ1v) is 7.32. The van der Waals surface area contributed by atoms with Crippen LogP contribution < -0.4 is 5.32 Å². The third-order valence-electron chi connectivity index (χ3n) is 2.90. The molecule has 5 heteroatoms. The van der Waals surface area contributed by atoms with E-state index in [-0.39, 0.29) is 11.2 Å². The van der Waals surface area contributed by atoms with Crippen LogP contribution in [0.1, 0.15) is 23.8 Å². The van der Waals surface area contributed by atoms with Gasteiger partial charge in [-0.1, -0.05) is 22.9 Å². The maximum absolute atomic E-state index is 12.1. The van der Waals surface area contributed by atoms with Gasteiger partial charge in [0.1, 0.15) is 5.76 Å². The van der Waals surface area contributed by atoms with Gasteiger partial charge in [0, 0.05) is 11.0 Å². The zero-order chi connectivity index (χ0) is 14.7. The molecule has 0 fully saturated rings. The molecular weight excluding hydrogens is 272 g/mol. The molecule has 2 rings (SSSR count).